The summed E-state index contributed by atoms with van der Waals surface area (Å²) in [5.74, 6) is -3.33. The number of carbonyl (C=O) groups is 6. The third kappa shape index (κ3) is 12.9. The van der Waals surface area contributed by atoms with Crippen LogP contribution in [0.5, 0.6) is 0 Å². The third-order valence-electron chi connectivity index (χ3n) is 10.9. The zero-order valence-corrected chi connectivity index (χ0v) is 35.5. The van der Waals surface area contributed by atoms with E-state index in [1.807, 2.05) is 32.1 Å². The fourth-order valence-corrected chi connectivity index (χ4v) is 7.39. The summed E-state index contributed by atoms with van der Waals surface area (Å²) in [4.78, 5) is 86.8. The van der Waals surface area contributed by atoms with Crippen LogP contribution in [0.25, 0.3) is 0 Å². The minimum Gasteiger partial charge on any atom is -0.450 e. The maximum Gasteiger partial charge on any atom is 0.409 e. The fourth-order valence-electron chi connectivity index (χ4n) is 7.39. The van der Waals surface area contributed by atoms with Crippen LogP contribution in [0.4, 0.5) is 4.79 Å². The van der Waals surface area contributed by atoms with Crippen LogP contribution in [0, 0.1) is 11.8 Å². The predicted octanol–water partition coefficient (Wildman–Crippen LogP) is 3.09. The van der Waals surface area contributed by atoms with Gasteiger partial charge < -0.3 is 39.7 Å². The molecule has 6 atom stereocenters. The zero-order chi connectivity index (χ0) is 43.9. The van der Waals surface area contributed by atoms with Crippen LogP contribution in [0.2, 0.25) is 0 Å². The van der Waals surface area contributed by atoms with Crippen molar-refractivity contribution in [1.82, 2.24) is 25.9 Å². The molecule has 1 aliphatic carbocycles. The molecule has 3 amide bonds. The summed E-state index contributed by atoms with van der Waals surface area (Å²) in [5, 5.41) is 16.7. The fraction of sp³-hybridized carbons (Fsp3) is 0.500. The minimum atomic E-state index is -1.01. The normalized spacial score (nSPS) is 27.4. The van der Waals surface area contributed by atoms with Crippen molar-refractivity contribution in [2.45, 2.75) is 78.2 Å². The van der Waals surface area contributed by atoms with Gasteiger partial charge in [0, 0.05) is 75.6 Å². The van der Waals surface area contributed by atoms with Gasteiger partial charge >= 0.3 is 12.6 Å². The molecule has 0 aromatic heterocycles. The Hall–Kier alpha value is -5.26. The Morgan fingerprint density at radius 1 is 1.02 bits per heavy atom. The average molecular weight is 834 g/mol. The second kappa shape index (κ2) is 22.9. The molecule has 1 aromatic carbocycles. The van der Waals surface area contributed by atoms with Crippen LogP contribution >= 0.6 is 0 Å². The molecule has 2 bridgehead atoms. The molecule has 2 aliphatic heterocycles. The molecule has 0 radical (unpaired) electrons. The number of carbonyl (C=O) groups excluding carboxylic acids is 6. The van der Waals surface area contributed by atoms with Crippen LogP contribution in [-0.2, 0) is 44.6 Å². The van der Waals surface area contributed by atoms with Gasteiger partial charge in [0.15, 0.2) is 0 Å². The summed E-state index contributed by atoms with van der Waals surface area (Å²) in [6.07, 6.45) is 5.83. The number of hydroxylamine groups is 1. The van der Waals surface area contributed by atoms with Crippen molar-refractivity contribution in [2.75, 3.05) is 53.6 Å². The number of hydrogen-bond acceptors (Lipinski definition) is 13. The number of methoxy groups -OCH3 is 2. The Morgan fingerprint density at radius 2 is 1.72 bits per heavy atom. The Kier molecular flexibility index (Phi) is 18.1. The number of Topliss-reactive ketones (excluding diaryl/α,β-unsaturated/α-hetero) is 1. The van der Waals surface area contributed by atoms with Gasteiger partial charge in [-0.05, 0) is 63.6 Å². The van der Waals surface area contributed by atoms with Crippen LogP contribution in [0.3, 0.4) is 0 Å². The van der Waals surface area contributed by atoms with E-state index in [-0.39, 0.29) is 59.4 Å². The van der Waals surface area contributed by atoms with E-state index in [0.29, 0.717) is 25.3 Å². The summed E-state index contributed by atoms with van der Waals surface area (Å²) >= 11 is 0. The topological polar surface area (TPSA) is 202 Å². The van der Waals surface area contributed by atoms with Gasteiger partial charge in [-0.3, -0.25) is 28.9 Å². The lowest BCUT2D eigenvalue weighted by Gasteiger charge is -2.34. The summed E-state index contributed by atoms with van der Waals surface area (Å²) in [6.45, 7) is 12.8. The van der Waals surface area contributed by atoms with E-state index in [1.54, 1.807) is 43.0 Å². The molecular weight excluding hydrogens is 775 g/mol. The van der Waals surface area contributed by atoms with Crippen molar-refractivity contribution < 1.29 is 52.9 Å². The van der Waals surface area contributed by atoms with Gasteiger partial charge in [-0.1, -0.05) is 55.9 Å². The lowest BCUT2D eigenvalue weighted by atomic mass is 9.85. The number of rotatable bonds is 11. The Labute approximate surface area is 351 Å². The monoisotopic (exact) mass is 833 g/mol. The number of aliphatic hydroxyl groups excluding tert-OH is 1. The molecule has 4 N–H and O–H groups in total. The molecule has 0 spiro atoms. The van der Waals surface area contributed by atoms with Crippen molar-refractivity contribution in [2.24, 2.45) is 11.8 Å². The van der Waals surface area contributed by atoms with Crippen molar-refractivity contribution in [3.8, 4) is 0 Å². The van der Waals surface area contributed by atoms with Gasteiger partial charge in [-0.2, -0.15) is 0 Å². The second-order valence-electron chi connectivity index (χ2n) is 15.3. The van der Waals surface area contributed by atoms with Gasteiger partial charge in [0.1, 0.15) is 0 Å². The van der Waals surface area contributed by atoms with Gasteiger partial charge in [0.05, 0.1) is 42.4 Å². The number of ether oxygens (including phenoxy) is 3. The lowest BCUT2D eigenvalue weighted by Crippen LogP contribution is -2.49. The third-order valence-corrected chi connectivity index (χ3v) is 10.9. The van der Waals surface area contributed by atoms with Gasteiger partial charge in [0.2, 0.25) is 11.6 Å². The Balaban J connectivity index is 1.57. The van der Waals surface area contributed by atoms with E-state index in [0.717, 1.165) is 37.7 Å². The number of aliphatic hydroxyl groups is 1. The number of hydrogen-bond donors (Lipinski definition) is 4. The molecular formula is C44H59N5O11. The highest BCUT2D eigenvalue weighted by atomic mass is 16.7. The van der Waals surface area contributed by atoms with Crippen LogP contribution in [0.1, 0.15) is 63.4 Å². The molecule has 1 unspecified atom stereocenters. The highest BCUT2D eigenvalue weighted by Gasteiger charge is 2.34. The van der Waals surface area contributed by atoms with E-state index >= 15 is 0 Å². The van der Waals surface area contributed by atoms with Gasteiger partial charge in [-0.15, -0.1) is 5.48 Å². The molecule has 3 aliphatic rings. The lowest BCUT2D eigenvalue weighted by molar-refractivity contribution is -0.138. The smallest absolute Gasteiger partial charge is 0.409 e. The Morgan fingerprint density at radius 3 is 2.35 bits per heavy atom. The first kappa shape index (κ1) is 47.4. The van der Waals surface area contributed by atoms with E-state index in [2.05, 4.69) is 21.0 Å². The van der Waals surface area contributed by atoms with Crippen molar-refractivity contribution >= 4 is 35.9 Å². The number of allylic oxidation sites excluding steroid dienone is 4. The van der Waals surface area contributed by atoms with Crippen LogP contribution in [-0.4, -0.2) is 129 Å². The standard InChI is InChI=1S/C44H59N5O11/c1-8-59-44(56)49-20-18-48(19-21-49)17-16-31-12-14-32(15-13-31)43(55)46-39-33-22-27(2)23-37(58-7)40(52)30(5)24-29(4)38(47-60-26-50)36(57-6)11-9-10-28(3)42(54)45-34(41(33)53)25-35(39)51/h9-15,24-27,30,36-38,40,47,52H,8,16-23H2,1-7H3,(H,45,54)(H,46,55)/b11-9-,28-10+,29-24+/t27-,30+,36?,37+,38+,40-/m1/s1. The molecule has 0 saturated carbocycles. The van der Waals surface area contributed by atoms with Crippen molar-refractivity contribution in [3.05, 3.63) is 93.9 Å². The first-order chi connectivity index (χ1) is 28.7. The van der Waals surface area contributed by atoms with E-state index in [1.165, 1.54) is 27.2 Å². The summed E-state index contributed by atoms with van der Waals surface area (Å²) in [5.41, 5.74) is 4.43. The molecule has 16 nitrogen and oxygen atoms in total. The first-order valence-electron chi connectivity index (χ1n) is 20.2. The molecule has 60 heavy (non-hydrogen) atoms. The summed E-state index contributed by atoms with van der Waals surface area (Å²) in [7, 11) is 2.94. The highest BCUT2D eigenvalue weighted by molar-refractivity contribution is 6.24. The van der Waals surface area contributed by atoms with Crippen LogP contribution in [0.15, 0.2) is 82.8 Å². The van der Waals surface area contributed by atoms with E-state index in [9.17, 15) is 33.9 Å². The number of nitrogens with one attached hydrogen (secondary N) is 3. The minimum absolute atomic E-state index is 0.0120. The zero-order valence-electron chi connectivity index (χ0n) is 35.5. The SMILES string of the molecule is CCOC(=O)N1CCN(CCc2ccc(C(=O)NC3=C4C[C@@H](C)C[C@H](OC)[C@H](O)[C@@H](C)/C=C(\C)[C@H](NOC=O)C(OC)/C=C\C=C(/C)C(=O)NC(=CC3=O)C4=O)cc2)CC1. The molecule has 326 valence electrons. The van der Waals surface area contributed by atoms with Gasteiger partial charge in [0.25, 0.3) is 11.8 Å². The molecule has 4 rings (SSSR count). The van der Waals surface area contributed by atoms with Crippen molar-refractivity contribution in [3.63, 3.8) is 0 Å². The summed E-state index contributed by atoms with van der Waals surface area (Å²) in [6, 6.07) is 6.34. The number of amides is 3. The number of fused-ring (bicyclic) bond motifs is 2. The first-order valence-corrected chi connectivity index (χ1v) is 20.2. The van der Waals surface area contributed by atoms with Gasteiger partial charge in [-0.25, -0.2) is 4.79 Å². The van der Waals surface area contributed by atoms with E-state index < -0.39 is 53.7 Å². The molecule has 1 fully saturated rings. The van der Waals surface area contributed by atoms with Crippen molar-refractivity contribution in [1.29, 1.82) is 0 Å². The molecule has 1 saturated heterocycles. The number of piperazine rings is 1. The number of nitrogens with zero attached hydrogens (tertiary/aromatic N) is 2. The maximum atomic E-state index is 14.1. The second-order valence-corrected chi connectivity index (χ2v) is 15.3. The van der Waals surface area contributed by atoms with Crippen LogP contribution < -0.4 is 16.1 Å². The van der Waals surface area contributed by atoms with E-state index in [4.69, 9.17) is 19.0 Å². The average Bonchev–Trinajstić information content (AvgIpc) is 3.24. The molecule has 1 aromatic rings. The molecule has 2 heterocycles. The largest absolute Gasteiger partial charge is 0.450 e. The predicted molar refractivity (Wildman–Crippen MR) is 222 cm³/mol. The molecule has 16 heteroatoms. The quantitative estimate of drug-likeness (QED) is 0.110. The Bertz CT molecular complexity index is 1880. The number of ketones is 2. The number of benzene rings is 1. The highest BCUT2D eigenvalue weighted by Crippen LogP contribution is 2.29. The maximum absolute atomic E-state index is 14.1. The summed E-state index contributed by atoms with van der Waals surface area (Å²) < 4.78 is 16.5.